The van der Waals surface area contributed by atoms with Crippen LogP contribution in [0.1, 0.15) is 22.8 Å². The monoisotopic (exact) mass is 306 g/mol. The first-order valence-corrected chi connectivity index (χ1v) is 6.33. The molecule has 0 unspecified atom stereocenters. The number of carbonyl (C=O) groups is 1. The van der Waals surface area contributed by atoms with E-state index in [9.17, 15) is 9.59 Å². The molecule has 1 heterocycles. The van der Waals surface area contributed by atoms with Crippen LogP contribution in [0, 0.1) is 11.3 Å². The topological polar surface area (TPSA) is 62.9 Å². The van der Waals surface area contributed by atoms with Crippen molar-refractivity contribution < 1.29 is 4.79 Å². The highest BCUT2D eigenvalue weighted by molar-refractivity contribution is 6.35. The zero-order valence-electron chi connectivity index (χ0n) is 10.4. The summed E-state index contributed by atoms with van der Waals surface area (Å²) in [6.07, 6.45) is 1.34. The molecule has 0 spiro atoms. The van der Waals surface area contributed by atoms with Gasteiger partial charge in [0.2, 0.25) is 0 Å². The van der Waals surface area contributed by atoms with Gasteiger partial charge < -0.3 is 0 Å². The number of carbonyl (C=O) groups excluding carboxylic acids is 1. The van der Waals surface area contributed by atoms with Crippen LogP contribution in [0.5, 0.6) is 0 Å². The second-order valence-electron chi connectivity index (χ2n) is 4.08. The highest BCUT2D eigenvalue weighted by Gasteiger charge is 2.13. The van der Waals surface area contributed by atoms with E-state index in [1.807, 2.05) is 6.07 Å². The van der Waals surface area contributed by atoms with Crippen LogP contribution in [0.15, 0.2) is 35.3 Å². The lowest BCUT2D eigenvalue weighted by Crippen LogP contribution is -2.24. The first kappa shape index (κ1) is 14.3. The molecule has 0 saturated heterocycles. The minimum Gasteiger partial charge on any atom is -0.294 e. The Morgan fingerprint density at radius 1 is 1.30 bits per heavy atom. The van der Waals surface area contributed by atoms with Crippen molar-refractivity contribution in [1.82, 2.24) is 4.57 Å². The summed E-state index contributed by atoms with van der Waals surface area (Å²) < 4.78 is 1.17. The zero-order valence-corrected chi connectivity index (χ0v) is 11.9. The molecule has 0 N–H and O–H groups in total. The van der Waals surface area contributed by atoms with E-state index in [2.05, 4.69) is 0 Å². The number of nitriles is 1. The van der Waals surface area contributed by atoms with Crippen LogP contribution in [-0.2, 0) is 0 Å². The Labute approximate surface area is 124 Å². The van der Waals surface area contributed by atoms with Crippen LogP contribution in [0.2, 0.25) is 10.0 Å². The predicted octanol–water partition coefficient (Wildman–Crippen LogP) is 3.22. The molecule has 0 aliphatic heterocycles. The van der Waals surface area contributed by atoms with Gasteiger partial charge in [-0.05, 0) is 31.2 Å². The third-order valence-corrected chi connectivity index (χ3v) is 3.23. The fourth-order valence-electron chi connectivity index (χ4n) is 1.75. The van der Waals surface area contributed by atoms with E-state index in [-0.39, 0.29) is 16.1 Å². The summed E-state index contributed by atoms with van der Waals surface area (Å²) in [7, 11) is 0. The van der Waals surface area contributed by atoms with E-state index >= 15 is 0 Å². The molecule has 0 aliphatic rings. The Morgan fingerprint density at radius 3 is 2.55 bits per heavy atom. The van der Waals surface area contributed by atoms with E-state index in [0.29, 0.717) is 10.7 Å². The Hall–Kier alpha value is -2.09. The van der Waals surface area contributed by atoms with Crippen molar-refractivity contribution in [3.8, 4) is 11.8 Å². The fraction of sp³-hybridized carbons (Fsp3) is 0.0714. The van der Waals surface area contributed by atoms with Crippen molar-refractivity contribution in [1.29, 1.82) is 5.26 Å². The smallest absolute Gasteiger partial charge is 0.266 e. The van der Waals surface area contributed by atoms with Gasteiger partial charge in [-0.25, -0.2) is 0 Å². The molecular weight excluding hydrogens is 299 g/mol. The van der Waals surface area contributed by atoms with Gasteiger partial charge in [-0.1, -0.05) is 23.2 Å². The quantitative estimate of drug-likeness (QED) is 0.800. The molecule has 0 amide bonds. The number of rotatable bonds is 2. The Balaban J connectivity index is 2.80. The van der Waals surface area contributed by atoms with Crippen LogP contribution in [0.3, 0.4) is 0 Å². The third kappa shape index (κ3) is 2.60. The lowest BCUT2D eigenvalue weighted by atomic mass is 10.1. The second kappa shape index (κ2) is 5.49. The number of Topliss-reactive ketones (excluding diaryl/α,β-unsaturated/α-hetero) is 1. The van der Waals surface area contributed by atoms with Gasteiger partial charge in [0, 0.05) is 11.2 Å². The molecule has 2 aromatic rings. The summed E-state index contributed by atoms with van der Waals surface area (Å²) >= 11 is 11.9. The van der Waals surface area contributed by atoms with Gasteiger partial charge in [0.05, 0.1) is 21.8 Å². The number of nitrogens with zero attached hydrogens (tertiary/aromatic N) is 2. The molecule has 100 valence electrons. The number of halogens is 2. The number of ketones is 1. The van der Waals surface area contributed by atoms with E-state index in [1.54, 1.807) is 12.1 Å². The Morgan fingerprint density at radius 2 is 2.00 bits per heavy atom. The van der Waals surface area contributed by atoms with Crippen molar-refractivity contribution >= 4 is 29.0 Å². The van der Waals surface area contributed by atoms with Crippen LogP contribution in [0.4, 0.5) is 0 Å². The molecule has 0 atom stereocenters. The highest BCUT2D eigenvalue weighted by Crippen LogP contribution is 2.23. The minimum atomic E-state index is -0.527. The van der Waals surface area contributed by atoms with E-state index in [0.717, 1.165) is 0 Å². The highest BCUT2D eigenvalue weighted by atomic mass is 35.5. The standard InChI is InChI=1S/C14H8Cl2N2O2/c1-8(19)11-4-9(6-17)7-18(14(11)20)13-3-2-10(15)5-12(13)16/h2-5,7H,1H3. The van der Waals surface area contributed by atoms with Crippen LogP contribution < -0.4 is 5.56 Å². The molecule has 0 bridgehead atoms. The summed E-state index contributed by atoms with van der Waals surface area (Å²) in [6, 6.07) is 7.79. The molecule has 2 rings (SSSR count). The summed E-state index contributed by atoms with van der Waals surface area (Å²) in [5, 5.41) is 9.67. The third-order valence-electron chi connectivity index (χ3n) is 2.69. The van der Waals surface area contributed by atoms with E-state index in [4.69, 9.17) is 28.5 Å². The molecule has 0 saturated carbocycles. The van der Waals surface area contributed by atoms with Crippen LogP contribution in [0.25, 0.3) is 5.69 Å². The van der Waals surface area contributed by atoms with Gasteiger partial charge in [0.1, 0.15) is 6.07 Å². The van der Waals surface area contributed by atoms with Gasteiger partial charge in [0.15, 0.2) is 5.78 Å². The number of hydrogen-bond donors (Lipinski definition) is 0. The minimum absolute atomic E-state index is 0.0601. The first-order chi connectivity index (χ1) is 9.43. The van der Waals surface area contributed by atoms with Gasteiger partial charge in [-0.3, -0.25) is 14.2 Å². The number of benzene rings is 1. The Bertz CT molecular complexity index is 804. The maximum absolute atomic E-state index is 12.3. The van der Waals surface area contributed by atoms with Gasteiger partial charge in [-0.2, -0.15) is 5.26 Å². The summed E-state index contributed by atoms with van der Waals surface area (Å²) in [6.45, 7) is 1.27. The second-order valence-corrected chi connectivity index (χ2v) is 4.92. The van der Waals surface area contributed by atoms with Gasteiger partial charge in [0.25, 0.3) is 5.56 Å². The predicted molar refractivity (Wildman–Crippen MR) is 76.8 cm³/mol. The molecule has 1 aromatic carbocycles. The molecule has 6 heteroatoms. The van der Waals surface area contributed by atoms with Crippen molar-refractivity contribution in [3.05, 3.63) is 62.0 Å². The fourth-order valence-corrected chi connectivity index (χ4v) is 2.25. The molecule has 0 aliphatic carbocycles. The molecule has 0 fully saturated rings. The van der Waals surface area contributed by atoms with Gasteiger partial charge >= 0.3 is 0 Å². The Kier molecular flexibility index (Phi) is 3.93. The average molecular weight is 307 g/mol. The molecule has 4 nitrogen and oxygen atoms in total. The average Bonchev–Trinajstić information content (AvgIpc) is 2.39. The lowest BCUT2D eigenvalue weighted by molar-refractivity contribution is 0.101. The van der Waals surface area contributed by atoms with E-state index in [1.165, 1.54) is 29.8 Å². The van der Waals surface area contributed by atoms with Crippen molar-refractivity contribution in [3.63, 3.8) is 0 Å². The van der Waals surface area contributed by atoms with Crippen LogP contribution >= 0.6 is 23.2 Å². The zero-order chi connectivity index (χ0) is 14.9. The number of aromatic nitrogens is 1. The van der Waals surface area contributed by atoms with Crippen LogP contribution in [-0.4, -0.2) is 10.4 Å². The lowest BCUT2D eigenvalue weighted by Gasteiger charge is -2.10. The largest absolute Gasteiger partial charge is 0.294 e. The van der Waals surface area contributed by atoms with Crippen molar-refractivity contribution in [2.75, 3.05) is 0 Å². The first-order valence-electron chi connectivity index (χ1n) is 5.57. The van der Waals surface area contributed by atoms with Crippen molar-refractivity contribution in [2.24, 2.45) is 0 Å². The molecular formula is C14H8Cl2N2O2. The molecule has 0 radical (unpaired) electrons. The maximum Gasteiger partial charge on any atom is 0.266 e. The van der Waals surface area contributed by atoms with E-state index < -0.39 is 11.3 Å². The summed E-state index contributed by atoms with van der Waals surface area (Å²) in [5.41, 5.74) is -0.0303. The summed E-state index contributed by atoms with van der Waals surface area (Å²) in [4.78, 5) is 23.7. The number of hydrogen-bond acceptors (Lipinski definition) is 3. The maximum atomic E-state index is 12.3. The molecule has 20 heavy (non-hydrogen) atoms. The SMILES string of the molecule is CC(=O)c1cc(C#N)cn(-c2ccc(Cl)cc2Cl)c1=O. The normalized spacial score (nSPS) is 10.1. The van der Waals surface area contributed by atoms with Crippen molar-refractivity contribution in [2.45, 2.75) is 6.92 Å². The molecule has 1 aromatic heterocycles. The van der Waals surface area contributed by atoms with Gasteiger partial charge in [-0.15, -0.1) is 0 Å². The summed E-state index contributed by atoms with van der Waals surface area (Å²) in [5.74, 6) is -0.411. The number of pyridine rings is 1.